The summed E-state index contributed by atoms with van der Waals surface area (Å²) in [5.41, 5.74) is 8.52. The summed E-state index contributed by atoms with van der Waals surface area (Å²) in [4.78, 5) is 4.67. The highest BCUT2D eigenvalue weighted by atomic mass is 15.2. The smallest absolute Gasteiger partial charge is 0.144 e. The zero-order chi connectivity index (χ0) is 14.8. The number of anilines is 1. The van der Waals surface area contributed by atoms with Gasteiger partial charge < -0.3 is 5.43 Å². The molecule has 0 saturated carbocycles. The zero-order valence-electron chi connectivity index (χ0n) is 12.4. The van der Waals surface area contributed by atoms with Crippen LogP contribution in [-0.2, 0) is 6.42 Å². The SMILES string of the molecule is Cc1ccc(Cc2cc3cccc(C)c3nc2NN)cc1. The molecule has 0 radical (unpaired) electrons. The van der Waals surface area contributed by atoms with E-state index in [1.54, 1.807) is 0 Å². The van der Waals surface area contributed by atoms with Crippen LogP contribution in [0.5, 0.6) is 0 Å². The van der Waals surface area contributed by atoms with E-state index in [9.17, 15) is 0 Å². The first-order valence-corrected chi connectivity index (χ1v) is 7.09. The Hall–Kier alpha value is -2.39. The lowest BCUT2D eigenvalue weighted by Crippen LogP contribution is -2.11. The number of aromatic nitrogens is 1. The van der Waals surface area contributed by atoms with Gasteiger partial charge in [0.05, 0.1) is 5.52 Å². The Labute approximate surface area is 124 Å². The van der Waals surface area contributed by atoms with Crippen molar-refractivity contribution in [1.29, 1.82) is 0 Å². The third-order valence-corrected chi connectivity index (χ3v) is 3.78. The molecular weight excluding hydrogens is 258 g/mol. The van der Waals surface area contributed by atoms with Gasteiger partial charge in [0.15, 0.2) is 0 Å². The Bertz CT molecular complexity index is 776. The van der Waals surface area contributed by atoms with Crippen LogP contribution in [0, 0.1) is 13.8 Å². The second-order valence-corrected chi connectivity index (χ2v) is 5.45. The van der Waals surface area contributed by atoms with E-state index in [1.165, 1.54) is 11.1 Å². The number of fused-ring (bicyclic) bond motifs is 1. The van der Waals surface area contributed by atoms with Gasteiger partial charge in [0.25, 0.3) is 0 Å². The molecule has 0 saturated heterocycles. The Morgan fingerprint density at radius 1 is 1.05 bits per heavy atom. The molecule has 3 nitrogen and oxygen atoms in total. The predicted octanol–water partition coefficient (Wildman–Crippen LogP) is 3.73. The topological polar surface area (TPSA) is 50.9 Å². The molecule has 0 amide bonds. The molecule has 2 aromatic carbocycles. The average molecular weight is 277 g/mol. The second kappa shape index (κ2) is 5.54. The maximum Gasteiger partial charge on any atom is 0.144 e. The molecule has 1 heterocycles. The molecule has 0 spiro atoms. The van der Waals surface area contributed by atoms with Crippen molar-refractivity contribution >= 4 is 16.7 Å². The van der Waals surface area contributed by atoms with Crippen LogP contribution in [0.1, 0.15) is 22.3 Å². The number of pyridine rings is 1. The molecule has 0 aliphatic heterocycles. The van der Waals surface area contributed by atoms with Gasteiger partial charge in [-0.15, -0.1) is 0 Å². The van der Waals surface area contributed by atoms with Gasteiger partial charge in [0, 0.05) is 17.4 Å². The van der Waals surface area contributed by atoms with Gasteiger partial charge in [-0.1, -0.05) is 48.0 Å². The zero-order valence-corrected chi connectivity index (χ0v) is 12.4. The van der Waals surface area contributed by atoms with Crippen molar-refractivity contribution in [1.82, 2.24) is 4.98 Å². The first kappa shape index (κ1) is 13.6. The molecule has 3 N–H and O–H groups in total. The number of aryl methyl sites for hydroxylation is 2. The summed E-state index contributed by atoms with van der Waals surface area (Å²) in [5.74, 6) is 6.40. The Morgan fingerprint density at radius 3 is 2.52 bits per heavy atom. The van der Waals surface area contributed by atoms with Crippen molar-refractivity contribution in [3.63, 3.8) is 0 Å². The van der Waals surface area contributed by atoms with Gasteiger partial charge in [-0.25, -0.2) is 10.8 Å². The van der Waals surface area contributed by atoms with Gasteiger partial charge in [0.1, 0.15) is 5.82 Å². The third kappa shape index (κ3) is 2.73. The molecule has 3 rings (SSSR count). The van der Waals surface area contributed by atoms with Crippen molar-refractivity contribution in [3.8, 4) is 0 Å². The molecule has 0 atom stereocenters. The van der Waals surface area contributed by atoms with E-state index in [0.717, 1.165) is 34.3 Å². The van der Waals surface area contributed by atoms with Crippen molar-refractivity contribution in [2.75, 3.05) is 5.43 Å². The summed E-state index contributed by atoms with van der Waals surface area (Å²) in [6.45, 7) is 4.16. The molecule has 0 aliphatic rings. The fourth-order valence-corrected chi connectivity index (χ4v) is 2.58. The van der Waals surface area contributed by atoms with Gasteiger partial charge in [-0.2, -0.15) is 0 Å². The van der Waals surface area contributed by atoms with E-state index in [1.807, 2.05) is 0 Å². The molecule has 106 valence electrons. The Kier molecular flexibility index (Phi) is 3.59. The van der Waals surface area contributed by atoms with Crippen LogP contribution in [0.25, 0.3) is 10.9 Å². The number of hydrazine groups is 1. The number of nitrogens with two attached hydrogens (primary N) is 1. The van der Waals surface area contributed by atoms with Crippen LogP contribution in [0.2, 0.25) is 0 Å². The molecule has 0 aliphatic carbocycles. The molecule has 3 heteroatoms. The van der Waals surface area contributed by atoms with Crippen LogP contribution in [-0.4, -0.2) is 4.98 Å². The number of nitrogens with zero attached hydrogens (tertiary/aromatic N) is 1. The minimum absolute atomic E-state index is 0.748. The third-order valence-electron chi connectivity index (χ3n) is 3.78. The first-order valence-electron chi connectivity index (χ1n) is 7.09. The monoisotopic (exact) mass is 277 g/mol. The number of benzene rings is 2. The lowest BCUT2D eigenvalue weighted by atomic mass is 10.0. The maximum atomic E-state index is 5.66. The lowest BCUT2D eigenvalue weighted by molar-refractivity contribution is 1.13. The average Bonchev–Trinajstić information content (AvgIpc) is 2.49. The molecule has 3 aromatic rings. The van der Waals surface area contributed by atoms with Gasteiger partial charge >= 0.3 is 0 Å². The summed E-state index contributed by atoms with van der Waals surface area (Å²) in [6, 6.07) is 16.9. The Balaban J connectivity index is 2.06. The number of nitrogen functional groups attached to an aromatic ring is 1. The minimum Gasteiger partial charge on any atom is -0.308 e. The standard InChI is InChI=1S/C18H19N3/c1-12-6-8-14(9-7-12)10-16-11-15-5-3-4-13(2)17(15)20-18(16)21-19/h3-9,11H,10,19H2,1-2H3,(H,20,21). The fourth-order valence-electron chi connectivity index (χ4n) is 2.58. The van der Waals surface area contributed by atoms with Crippen LogP contribution in [0.4, 0.5) is 5.82 Å². The highest BCUT2D eigenvalue weighted by Crippen LogP contribution is 2.24. The van der Waals surface area contributed by atoms with E-state index >= 15 is 0 Å². The van der Waals surface area contributed by atoms with Gasteiger partial charge in [0.2, 0.25) is 0 Å². The number of para-hydroxylation sites is 1. The van der Waals surface area contributed by atoms with Crippen LogP contribution in [0.3, 0.4) is 0 Å². The number of hydrogen-bond donors (Lipinski definition) is 2. The summed E-state index contributed by atoms with van der Waals surface area (Å²) in [6.07, 6.45) is 0.816. The van der Waals surface area contributed by atoms with Crippen molar-refractivity contribution in [2.24, 2.45) is 5.84 Å². The molecule has 1 aromatic heterocycles. The van der Waals surface area contributed by atoms with E-state index < -0.39 is 0 Å². The molecule has 0 unspecified atom stereocenters. The molecule has 0 bridgehead atoms. The van der Waals surface area contributed by atoms with Crippen LogP contribution < -0.4 is 11.3 Å². The lowest BCUT2D eigenvalue weighted by Gasteiger charge is -2.11. The van der Waals surface area contributed by atoms with Crippen LogP contribution >= 0.6 is 0 Å². The fraction of sp³-hybridized carbons (Fsp3) is 0.167. The van der Waals surface area contributed by atoms with Crippen molar-refractivity contribution < 1.29 is 0 Å². The van der Waals surface area contributed by atoms with Gasteiger partial charge in [-0.05, 0) is 31.0 Å². The summed E-state index contributed by atoms with van der Waals surface area (Å²) in [7, 11) is 0. The number of hydrogen-bond acceptors (Lipinski definition) is 3. The minimum atomic E-state index is 0.748. The first-order chi connectivity index (χ1) is 10.2. The highest BCUT2D eigenvalue weighted by molar-refractivity contribution is 5.84. The normalized spacial score (nSPS) is 10.8. The van der Waals surface area contributed by atoms with E-state index in [2.05, 4.69) is 72.8 Å². The summed E-state index contributed by atoms with van der Waals surface area (Å²) < 4.78 is 0. The second-order valence-electron chi connectivity index (χ2n) is 5.45. The quantitative estimate of drug-likeness (QED) is 0.566. The van der Waals surface area contributed by atoms with E-state index in [-0.39, 0.29) is 0 Å². The van der Waals surface area contributed by atoms with Crippen LogP contribution in [0.15, 0.2) is 48.5 Å². The van der Waals surface area contributed by atoms with Crippen molar-refractivity contribution in [3.05, 3.63) is 70.8 Å². The largest absolute Gasteiger partial charge is 0.308 e. The number of nitrogens with one attached hydrogen (secondary N) is 1. The summed E-state index contributed by atoms with van der Waals surface area (Å²) in [5, 5.41) is 1.15. The molecule has 21 heavy (non-hydrogen) atoms. The maximum absolute atomic E-state index is 5.66. The van der Waals surface area contributed by atoms with E-state index in [0.29, 0.717) is 0 Å². The number of rotatable bonds is 3. The molecule has 0 fully saturated rings. The van der Waals surface area contributed by atoms with Crippen molar-refractivity contribution in [2.45, 2.75) is 20.3 Å². The molecular formula is C18H19N3. The summed E-state index contributed by atoms with van der Waals surface area (Å²) >= 11 is 0. The van der Waals surface area contributed by atoms with Gasteiger partial charge in [-0.3, -0.25) is 0 Å². The highest BCUT2D eigenvalue weighted by Gasteiger charge is 2.08. The predicted molar refractivity (Wildman–Crippen MR) is 88.3 cm³/mol. The van der Waals surface area contributed by atoms with E-state index in [4.69, 9.17) is 5.84 Å². The Morgan fingerprint density at radius 2 is 1.81 bits per heavy atom.